The zero-order chi connectivity index (χ0) is 34.9. The van der Waals surface area contributed by atoms with Crippen LogP contribution in [0.25, 0.3) is 64.0 Å². The predicted molar refractivity (Wildman–Crippen MR) is 224 cm³/mol. The van der Waals surface area contributed by atoms with E-state index in [0.29, 0.717) is 0 Å². The van der Waals surface area contributed by atoms with Crippen LogP contribution in [0, 0.1) is 0 Å². The van der Waals surface area contributed by atoms with Gasteiger partial charge in [0.05, 0.1) is 0 Å². The molecular formula is C50H37NS. The number of hydrogen-bond acceptors (Lipinski definition) is 2. The molecule has 0 unspecified atom stereocenters. The van der Waals surface area contributed by atoms with Gasteiger partial charge in [-0.2, -0.15) is 0 Å². The third-order valence-corrected chi connectivity index (χ3v) is 13.3. The fourth-order valence-corrected chi connectivity index (χ4v) is 10.5. The zero-order valence-electron chi connectivity index (χ0n) is 29.8. The number of thiophene rings is 1. The smallest absolute Gasteiger partial charge is 0.0468 e. The van der Waals surface area contributed by atoms with Gasteiger partial charge in [0.15, 0.2) is 0 Å². The Hall–Kier alpha value is -5.70. The van der Waals surface area contributed by atoms with E-state index in [-0.39, 0.29) is 10.8 Å². The molecule has 0 bridgehead atoms. The molecule has 1 heterocycles. The van der Waals surface area contributed by atoms with Crippen molar-refractivity contribution in [2.45, 2.75) is 38.5 Å². The van der Waals surface area contributed by atoms with Crippen molar-refractivity contribution in [2.24, 2.45) is 0 Å². The molecule has 1 aromatic heterocycles. The van der Waals surface area contributed by atoms with Crippen molar-refractivity contribution < 1.29 is 0 Å². The first-order valence-electron chi connectivity index (χ1n) is 18.3. The van der Waals surface area contributed by atoms with E-state index < -0.39 is 0 Å². The summed E-state index contributed by atoms with van der Waals surface area (Å²) in [4.78, 5) is 2.44. The molecule has 1 nitrogen and oxygen atoms in total. The van der Waals surface area contributed by atoms with Crippen LogP contribution in [0.5, 0.6) is 0 Å². The van der Waals surface area contributed by atoms with E-state index in [1.165, 1.54) is 91.9 Å². The Labute approximate surface area is 308 Å². The molecule has 0 spiro atoms. The van der Waals surface area contributed by atoms with E-state index >= 15 is 0 Å². The van der Waals surface area contributed by atoms with Gasteiger partial charge < -0.3 is 4.90 Å². The quantitative estimate of drug-likeness (QED) is 0.179. The first-order valence-corrected chi connectivity index (χ1v) is 19.2. The first kappa shape index (κ1) is 30.0. The van der Waals surface area contributed by atoms with Gasteiger partial charge in [-0.15, -0.1) is 11.3 Å². The van der Waals surface area contributed by atoms with E-state index in [9.17, 15) is 0 Å². The summed E-state index contributed by atoms with van der Waals surface area (Å²) in [5.74, 6) is 0. The maximum atomic E-state index is 2.47. The largest absolute Gasteiger partial charge is 0.310 e. The summed E-state index contributed by atoms with van der Waals surface area (Å²) in [6.07, 6.45) is 0. The highest BCUT2D eigenvalue weighted by molar-refractivity contribution is 7.25. The second-order valence-corrected chi connectivity index (χ2v) is 16.9. The van der Waals surface area contributed by atoms with Crippen molar-refractivity contribution in [1.29, 1.82) is 0 Å². The minimum Gasteiger partial charge on any atom is -0.310 e. The summed E-state index contributed by atoms with van der Waals surface area (Å²) in [6, 6.07) is 57.2. The average Bonchev–Trinajstić information content (AvgIpc) is 3.71. The number of rotatable bonds is 3. The average molecular weight is 684 g/mol. The molecule has 2 aliphatic carbocycles. The van der Waals surface area contributed by atoms with Gasteiger partial charge in [0.1, 0.15) is 0 Å². The fourth-order valence-electron chi connectivity index (χ4n) is 9.39. The molecule has 0 atom stereocenters. The normalized spacial score (nSPS) is 14.8. The summed E-state index contributed by atoms with van der Waals surface area (Å²) in [7, 11) is 0. The molecule has 248 valence electrons. The molecule has 8 aromatic carbocycles. The molecule has 0 N–H and O–H groups in total. The molecule has 2 aliphatic rings. The summed E-state index contributed by atoms with van der Waals surface area (Å²) in [6.45, 7) is 9.56. The Bertz CT molecular complexity index is 2960. The number of anilines is 3. The van der Waals surface area contributed by atoms with Crippen LogP contribution in [0.4, 0.5) is 17.1 Å². The minimum atomic E-state index is -0.129. The molecule has 2 heteroatoms. The summed E-state index contributed by atoms with van der Waals surface area (Å²) in [5.41, 5.74) is 14.3. The standard InChI is InChI=1S/C50H37NS/c1-49(2)43-25-31-13-9-8-12-30(31)23-39(43)40-24-32-18-19-35(22-33(32)26-44(40)49)51(34-14-6-5-7-15-34)36-20-21-37-41-29-48-42(38-16-10-11-17-47(38)52-48)28-46(41)50(3,4)45(37)27-36/h5-29H,1-4H3. The lowest BCUT2D eigenvalue weighted by atomic mass is 9.81. The second-order valence-electron chi connectivity index (χ2n) is 15.8. The van der Waals surface area contributed by atoms with Crippen LogP contribution in [0.1, 0.15) is 49.9 Å². The van der Waals surface area contributed by atoms with Crippen molar-refractivity contribution in [1.82, 2.24) is 0 Å². The topological polar surface area (TPSA) is 3.24 Å². The van der Waals surface area contributed by atoms with Gasteiger partial charge in [-0.3, -0.25) is 0 Å². The molecule has 11 rings (SSSR count). The van der Waals surface area contributed by atoms with Gasteiger partial charge in [-0.25, -0.2) is 0 Å². The summed E-state index contributed by atoms with van der Waals surface area (Å²) in [5, 5.41) is 7.87. The van der Waals surface area contributed by atoms with Crippen molar-refractivity contribution in [3.63, 3.8) is 0 Å². The highest BCUT2D eigenvalue weighted by Crippen LogP contribution is 2.54. The van der Waals surface area contributed by atoms with Crippen molar-refractivity contribution in [3.8, 4) is 22.3 Å². The Balaban J connectivity index is 1.05. The van der Waals surface area contributed by atoms with Crippen molar-refractivity contribution in [2.75, 3.05) is 4.90 Å². The van der Waals surface area contributed by atoms with Crippen LogP contribution in [-0.2, 0) is 10.8 Å². The SMILES string of the molecule is CC1(C)c2cc3ccccc3cc2-c2cc3ccc(N(c4ccccc4)c4ccc5c(c4)C(C)(C)c4cc6c(cc4-5)sc4ccccc46)cc3cc21. The van der Waals surface area contributed by atoms with E-state index in [2.05, 4.69) is 184 Å². The third kappa shape index (κ3) is 4.10. The molecule has 9 aromatic rings. The number of nitrogens with zero attached hydrogens (tertiary/aromatic N) is 1. The van der Waals surface area contributed by atoms with Gasteiger partial charge in [0.25, 0.3) is 0 Å². The molecule has 0 radical (unpaired) electrons. The minimum absolute atomic E-state index is 0.0840. The van der Waals surface area contributed by atoms with Crippen LogP contribution in [-0.4, -0.2) is 0 Å². The Morgan fingerprint density at radius 1 is 0.365 bits per heavy atom. The molecule has 52 heavy (non-hydrogen) atoms. The van der Waals surface area contributed by atoms with Crippen LogP contribution in [0.2, 0.25) is 0 Å². The van der Waals surface area contributed by atoms with Gasteiger partial charge >= 0.3 is 0 Å². The molecule has 0 aliphatic heterocycles. The zero-order valence-corrected chi connectivity index (χ0v) is 30.6. The summed E-state index contributed by atoms with van der Waals surface area (Å²) < 4.78 is 2.72. The highest BCUT2D eigenvalue weighted by Gasteiger charge is 2.38. The van der Waals surface area contributed by atoms with Crippen LogP contribution in [0.15, 0.2) is 152 Å². The fraction of sp³-hybridized carbons (Fsp3) is 0.120. The lowest BCUT2D eigenvalue weighted by molar-refractivity contribution is 0.661. The number of benzene rings is 8. The molecule has 0 amide bonds. The maximum absolute atomic E-state index is 2.47. The van der Waals surface area contributed by atoms with Crippen molar-refractivity contribution in [3.05, 3.63) is 174 Å². The van der Waals surface area contributed by atoms with Gasteiger partial charge in [0.2, 0.25) is 0 Å². The Morgan fingerprint density at radius 3 is 1.69 bits per heavy atom. The van der Waals surface area contributed by atoms with E-state index in [4.69, 9.17) is 0 Å². The number of hydrogen-bond donors (Lipinski definition) is 0. The van der Waals surface area contributed by atoms with Gasteiger partial charge in [-0.05, 0) is 145 Å². The number of para-hydroxylation sites is 1. The van der Waals surface area contributed by atoms with E-state index in [0.717, 1.165) is 11.4 Å². The monoisotopic (exact) mass is 683 g/mol. The molecular weight excluding hydrogens is 647 g/mol. The third-order valence-electron chi connectivity index (χ3n) is 12.2. The highest BCUT2D eigenvalue weighted by atomic mass is 32.1. The van der Waals surface area contributed by atoms with E-state index in [1.54, 1.807) is 0 Å². The van der Waals surface area contributed by atoms with Crippen molar-refractivity contribution >= 4 is 70.1 Å². The lowest BCUT2D eigenvalue weighted by Gasteiger charge is -2.28. The van der Waals surface area contributed by atoms with Crippen LogP contribution in [0.3, 0.4) is 0 Å². The molecule has 0 saturated heterocycles. The Kier molecular flexibility index (Phi) is 6.02. The predicted octanol–water partition coefficient (Wildman–Crippen LogP) is 14.4. The summed E-state index contributed by atoms with van der Waals surface area (Å²) >= 11 is 1.90. The van der Waals surface area contributed by atoms with Gasteiger partial charge in [-0.1, -0.05) is 100 Å². The molecule has 0 saturated carbocycles. The maximum Gasteiger partial charge on any atom is 0.0468 e. The van der Waals surface area contributed by atoms with E-state index in [1.807, 2.05) is 11.3 Å². The van der Waals surface area contributed by atoms with Gasteiger partial charge in [0, 0.05) is 48.1 Å². The first-order chi connectivity index (χ1) is 25.3. The lowest BCUT2D eigenvalue weighted by Crippen LogP contribution is -2.16. The second kappa shape index (κ2) is 10.4. The molecule has 0 fully saturated rings. The van der Waals surface area contributed by atoms with Crippen LogP contribution < -0.4 is 4.90 Å². The number of fused-ring (bicyclic) bond motifs is 11. The Morgan fingerprint density at radius 2 is 0.923 bits per heavy atom. The van der Waals surface area contributed by atoms with Crippen LogP contribution >= 0.6 is 11.3 Å².